The second-order valence-corrected chi connectivity index (χ2v) is 4.99. The third-order valence-corrected chi connectivity index (χ3v) is 3.67. The molecule has 0 amide bonds. The van der Waals surface area contributed by atoms with Crippen LogP contribution in [0.1, 0.15) is 49.1 Å². The summed E-state index contributed by atoms with van der Waals surface area (Å²) in [6.07, 6.45) is 1.73. The largest absolute Gasteiger partial charge is 0.392 e. The molecule has 2 aromatic heterocycles. The lowest BCUT2D eigenvalue weighted by Crippen LogP contribution is -2.11. The zero-order chi connectivity index (χ0) is 14.7. The van der Waals surface area contributed by atoms with Crippen molar-refractivity contribution >= 4 is 0 Å². The first-order chi connectivity index (χ1) is 9.64. The van der Waals surface area contributed by atoms with Crippen LogP contribution in [-0.2, 0) is 32.5 Å². The Morgan fingerprint density at radius 3 is 2.40 bits per heavy atom. The topological polar surface area (TPSA) is 55.9 Å². The minimum Gasteiger partial charge on any atom is -0.392 e. The van der Waals surface area contributed by atoms with Gasteiger partial charge in [0, 0.05) is 17.8 Å². The number of aromatic nitrogens is 4. The van der Waals surface area contributed by atoms with Crippen molar-refractivity contribution in [3.63, 3.8) is 0 Å². The van der Waals surface area contributed by atoms with Crippen molar-refractivity contribution in [2.24, 2.45) is 0 Å². The summed E-state index contributed by atoms with van der Waals surface area (Å²) >= 11 is 0. The summed E-state index contributed by atoms with van der Waals surface area (Å²) in [4.78, 5) is 0. The number of rotatable bonds is 6. The SMILES string of the molecule is CCc1nn(Cc2cc(C)nn2CC)c(CC)c1CO. The van der Waals surface area contributed by atoms with Crippen LogP contribution in [0.15, 0.2) is 6.07 Å². The average molecular weight is 276 g/mol. The first-order valence-electron chi connectivity index (χ1n) is 7.36. The van der Waals surface area contributed by atoms with Crippen LogP contribution in [0.5, 0.6) is 0 Å². The van der Waals surface area contributed by atoms with E-state index in [4.69, 9.17) is 0 Å². The van der Waals surface area contributed by atoms with Crippen LogP contribution < -0.4 is 0 Å². The minimum absolute atomic E-state index is 0.0679. The molecule has 0 fully saturated rings. The molecule has 0 aliphatic rings. The number of nitrogens with zero attached hydrogens (tertiary/aromatic N) is 4. The van der Waals surface area contributed by atoms with Crippen LogP contribution in [0, 0.1) is 6.92 Å². The van der Waals surface area contributed by atoms with E-state index in [9.17, 15) is 5.11 Å². The van der Waals surface area contributed by atoms with E-state index in [1.54, 1.807) is 0 Å². The number of aliphatic hydroxyl groups is 1. The zero-order valence-electron chi connectivity index (χ0n) is 12.8. The van der Waals surface area contributed by atoms with Crippen molar-refractivity contribution < 1.29 is 5.11 Å². The first kappa shape index (κ1) is 14.8. The van der Waals surface area contributed by atoms with Gasteiger partial charge in [0.05, 0.1) is 30.2 Å². The molecule has 110 valence electrons. The lowest BCUT2D eigenvalue weighted by atomic mass is 10.1. The van der Waals surface area contributed by atoms with Gasteiger partial charge >= 0.3 is 0 Å². The summed E-state index contributed by atoms with van der Waals surface area (Å²) in [5.41, 5.74) is 5.32. The second-order valence-electron chi connectivity index (χ2n) is 4.99. The molecule has 0 atom stereocenters. The summed E-state index contributed by atoms with van der Waals surface area (Å²) in [6.45, 7) is 9.93. The van der Waals surface area contributed by atoms with Crippen LogP contribution >= 0.6 is 0 Å². The number of aliphatic hydroxyl groups excluding tert-OH is 1. The van der Waals surface area contributed by atoms with Gasteiger partial charge in [-0.05, 0) is 32.8 Å². The van der Waals surface area contributed by atoms with Gasteiger partial charge in [-0.3, -0.25) is 9.36 Å². The normalized spacial score (nSPS) is 11.2. The Balaban J connectivity index is 2.40. The van der Waals surface area contributed by atoms with Gasteiger partial charge in [-0.25, -0.2) is 0 Å². The lowest BCUT2D eigenvalue weighted by molar-refractivity contribution is 0.279. The van der Waals surface area contributed by atoms with Crippen molar-refractivity contribution in [3.05, 3.63) is 34.4 Å². The highest BCUT2D eigenvalue weighted by atomic mass is 16.3. The maximum Gasteiger partial charge on any atom is 0.0831 e. The fourth-order valence-corrected chi connectivity index (χ4v) is 2.74. The van der Waals surface area contributed by atoms with Crippen LogP contribution in [0.3, 0.4) is 0 Å². The standard InChI is InChI=1S/C15H24N4O/c1-5-14-13(10-20)15(6-2)19(17-14)9-12-8-11(4)16-18(12)7-3/h8,20H,5-7,9-10H2,1-4H3. The molecule has 0 aliphatic heterocycles. The van der Waals surface area contributed by atoms with E-state index >= 15 is 0 Å². The maximum absolute atomic E-state index is 9.57. The van der Waals surface area contributed by atoms with Crippen molar-refractivity contribution in [3.8, 4) is 0 Å². The van der Waals surface area contributed by atoms with Gasteiger partial charge in [0.25, 0.3) is 0 Å². The fourth-order valence-electron chi connectivity index (χ4n) is 2.74. The van der Waals surface area contributed by atoms with Crippen LogP contribution in [0.4, 0.5) is 0 Å². The van der Waals surface area contributed by atoms with E-state index in [2.05, 4.69) is 37.0 Å². The van der Waals surface area contributed by atoms with Gasteiger partial charge in [0.2, 0.25) is 0 Å². The van der Waals surface area contributed by atoms with Crippen LogP contribution in [0.2, 0.25) is 0 Å². The van der Waals surface area contributed by atoms with Gasteiger partial charge in [0.15, 0.2) is 0 Å². The van der Waals surface area contributed by atoms with E-state index in [-0.39, 0.29) is 6.61 Å². The van der Waals surface area contributed by atoms with E-state index in [1.807, 2.05) is 16.3 Å². The minimum atomic E-state index is 0.0679. The first-order valence-corrected chi connectivity index (χ1v) is 7.36. The average Bonchev–Trinajstić information content (AvgIpc) is 2.98. The van der Waals surface area contributed by atoms with E-state index in [1.165, 1.54) is 0 Å². The fraction of sp³-hybridized carbons (Fsp3) is 0.600. The highest BCUT2D eigenvalue weighted by molar-refractivity contribution is 5.27. The molecule has 0 saturated carbocycles. The van der Waals surface area contributed by atoms with E-state index < -0.39 is 0 Å². The Kier molecular flexibility index (Phi) is 4.60. The molecule has 2 rings (SSSR count). The van der Waals surface area contributed by atoms with Crippen molar-refractivity contribution in [1.82, 2.24) is 19.6 Å². The Hall–Kier alpha value is -1.62. The summed E-state index contributed by atoms with van der Waals surface area (Å²) < 4.78 is 4.04. The smallest absolute Gasteiger partial charge is 0.0831 e. The maximum atomic E-state index is 9.57. The molecule has 5 heteroatoms. The molecule has 0 bridgehead atoms. The van der Waals surface area contributed by atoms with Gasteiger partial charge in [-0.2, -0.15) is 10.2 Å². The molecule has 1 N–H and O–H groups in total. The Morgan fingerprint density at radius 2 is 1.85 bits per heavy atom. The molecular weight excluding hydrogens is 252 g/mol. The van der Waals surface area contributed by atoms with Gasteiger partial charge in [-0.15, -0.1) is 0 Å². The van der Waals surface area contributed by atoms with Gasteiger partial charge < -0.3 is 5.11 Å². The highest BCUT2D eigenvalue weighted by Crippen LogP contribution is 2.18. The molecule has 5 nitrogen and oxygen atoms in total. The molecule has 0 unspecified atom stereocenters. The van der Waals surface area contributed by atoms with Crippen LogP contribution in [0.25, 0.3) is 0 Å². The number of aryl methyl sites for hydroxylation is 3. The molecular formula is C15H24N4O. The third-order valence-electron chi connectivity index (χ3n) is 3.67. The zero-order valence-corrected chi connectivity index (χ0v) is 12.8. The molecule has 2 heterocycles. The monoisotopic (exact) mass is 276 g/mol. The number of hydrogen-bond donors (Lipinski definition) is 1. The van der Waals surface area contributed by atoms with Gasteiger partial charge in [-0.1, -0.05) is 13.8 Å². The molecule has 0 aliphatic carbocycles. The Bertz CT molecular complexity index is 583. The molecule has 0 saturated heterocycles. The quantitative estimate of drug-likeness (QED) is 0.878. The summed E-state index contributed by atoms with van der Waals surface area (Å²) in [7, 11) is 0. The Labute approximate surface area is 120 Å². The summed E-state index contributed by atoms with van der Waals surface area (Å²) in [6, 6.07) is 2.11. The molecule has 2 aromatic rings. The molecule has 0 aromatic carbocycles. The Morgan fingerprint density at radius 1 is 1.10 bits per heavy atom. The number of hydrogen-bond acceptors (Lipinski definition) is 3. The molecule has 20 heavy (non-hydrogen) atoms. The molecule has 0 radical (unpaired) electrons. The summed E-state index contributed by atoms with van der Waals surface area (Å²) in [5.74, 6) is 0. The summed E-state index contributed by atoms with van der Waals surface area (Å²) in [5, 5.41) is 18.7. The predicted octanol–water partition coefficient (Wildman–Crippen LogP) is 2.07. The predicted molar refractivity (Wildman–Crippen MR) is 78.6 cm³/mol. The van der Waals surface area contributed by atoms with Gasteiger partial charge in [0.1, 0.15) is 0 Å². The third kappa shape index (κ3) is 2.63. The second kappa shape index (κ2) is 6.22. The molecule has 0 spiro atoms. The van der Waals surface area contributed by atoms with Crippen molar-refractivity contribution in [2.45, 2.75) is 60.2 Å². The van der Waals surface area contributed by atoms with Crippen LogP contribution in [-0.4, -0.2) is 24.7 Å². The van der Waals surface area contributed by atoms with Crippen molar-refractivity contribution in [1.29, 1.82) is 0 Å². The van der Waals surface area contributed by atoms with E-state index in [0.29, 0.717) is 6.54 Å². The lowest BCUT2D eigenvalue weighted by Gasteiger charge is -2.08. The highest BCUT2D eigenvalue weighted by Gasteiger charge is 2.16. The van der Waals surface area contributed by atoms with E-state index in [0.717, 1.165) is 47.7 Å². The van der Waals surface area contributed by atoms with Crippen molar-refractivity contribution in [2.75, 3.05) is 0 Å².